The topological polar surface area (TPSA) is 116 Å². The third-order valence-electron chi connectivity index (χ3n) is 6.27. The maximum Gasteiger partial charge on any atom is 0.414 e. The van der Waals surface area contributed by atoms with Crippen LogP contribution in [-0.4, -0.2) is 60.0 Å². The van der Waals surface area contributed by atoms with E-state index in [1.165, 1.54) is 17.2 Å². The van der Waals surface area contributed by atoms with Crippen LogP contribution >= 0.6 is 0 Å². The lowest BCUT2D eigenvalue weighted by Gasteiger charge is -2.33. The molecule has 0 spiro atoms. The maximum atomic E-state index is 14.9. The number of benzene rings is 2. The van der Waals surface area contributed by atoms with Gasteiger partial charge in [0, 0.05) is 43.8 Å². The first-order chi connectivity index (χ1) is 17.6. The maximum absolute atomic E-state index is 14.9. The van der Waals surface area contributed by atoms with Crippen molar-refractivity contribution in [1.82, 2.24) is 15.5 Å². The lowest BCUT2D eigenvalue weighted by molar-refractivity contribution is 0.102. The first kappa shape index (κ1) is 22.1. The molecule has 11 nitrogen and oxygen atoms in total. The molecule has 0 N–H and O–H groups in total. The molecule has 186 valence electrons. The molecule has 6 rings (SSSR count). The van der Waals surface area contributed by atoms with E-state index < -0.39 is 18.0 Å². The monoisotopic (exact) mass is 495 g/mol. The zero-order valence-corrected chi connectivity index (χ0v) is 19.1. The van der Waals surface area contributed by atoms with Crippen molar-refractivity contribution in [3.8, 4) is 11.6 Å². The molecular formula is C24H22FN5O6. The normalized spacial score (nSPS) is 18.6. The summed E-state index contributed by atoms with van der Waals surface area (Å²) in [4.78, 5) is 15.9. The molecule has 0 unspecified atom stereocenters. The summed E-state index contributed by atoms with van der Waals surface area (Å²) in [5, 5.41) is 11.4. The van der Waals surface area contributed by atoms with Crippen molar-refractivity contribution in [2.45, 2.75) is 25.0 Å². The van der Waals surface area contributed by atoms with Crippen LogP contribution in [0.15, 0.2) is 57.9 Å². The van der Waals surface area contributed by atoms with E-state index in [1.807, 2.05) is 18.2 Å². The number of aromatic nitrogens is 3. The van der Waals surface area contributed by atoms with Crippen LogP contribution < -0.4 is 19.3 Å². The number of hydrogen-bond acceptors (Lipinski definition) is 10. The van der Waals surface area contributed by atoms with E-state index in [2.05, 4.69) is 20.4 Å². The van der Waals surface area contributed by atoms with Crippen LogP contribution in [0.2, 0.25) is 0 Å². The highest BCUT2D eigenvalue weighted by molar-refractivity contribution is 5.89. The average Bonchev–Trinajstić information content (AvgIpc) is 3.65. The van der Waals surface area contributed by atoms with Crippen LogP contribution in [0, 0.1) is 5.82 Å². The summed E-state index contributed by atoms with van der Waals surface area (Å²) >= 11 is 0. The molecule has 2 aromatic carbocycles. The van der Waals surface area contributed by atoms with Crippen molar-refractivity contribution in [2.24, 2.45) is 0 Å². The van der Waals surface area contributed by atoms with Gasteiger partial charge in [-0.25, -0.2) is 13.8 Å². The van der Waals surface area contributed by atoms with Crippen LogP contribution in [0.4, 0.5) is 20.6 Å². The highest BCUT2D eigenvalue weighted by Gasteiger charge is 2.33. The summed E-state index contributed by atoms with van der Waals surface area (Å²) in [6, 6.07) is 11.9. The van der Waals surface area contributed by atoms with Crippen LogP contribution in [-0.2, 0) is 4.74 Å². The van der Waals surface area contributed by atoms with Gasteiger partial charge in [-0.05, 0) is 45.8 Å². The van der Waals surface area contributed by atoms with Gasteiger partial charge in [-0.3, -0.25) is 4.90 Å². The number of cyclic esters (lactones) is 1. The van der Waals surface area contributed by atoms with Gasteiger partial charge in [-0.1, -0.05) is 0 Å². The van der Waals surface area contributed by atoms with Crippen molar-refractivity contribution in [2.75, 3.05) is 36.0 Å². The van der Waals surface area contributed by atoms with Gasteiger partial charge >= 0.3 is 6.09 Å². The highest BCUT2D eigenvalue weighted by atomic mass is 19.1. The van der Waals surface area contributed by atoms with Gasteiger partial charge in [-0.15, -0.1) is 0 Å². The second-order valence-corrected chi connectivity index (χ2v) is 8.62. The standard InChI is InChI=1S/C24H22FN5O6/c25-19-11-16(30-13-18(35-24(30)31)14-32-23-7-10-33-28-23)2-4-22(19)34-17-5-8-29(9-6-17)15-1-3-20-21(12-15)27-36-26-20/h1-4,7,10-12,17-18H,5-6,8-9,13-14H2/t18-/m1/s1. The molecule has 0 bridgehead atoms. The van der Waals surface area contributed by atoms with Crippen molar-refractivity contribution < 1.29 is 32.5 Å². The van der Waals surface area contributed by atoms with Crippen LogP contribution in [0.3, 0.4) is 0 Å². The number of halogens is 1. The smallest absolute Gasteiger partial charge is 0.414 e. The summed E-state index contributed by atoms with van der Waals surface area (Å²) in [6.45, 7) is 1.86. The average molecular weight is 495 g/mol. The Bertz CT molecular complexity index is 1350. The predicted molar refractivity (Wildman–Crippen MR) is 124 cm³/mol. The van der Waals surface area contributed by atoms with E-state index in [0.717, 1.165) is 31.6 Å². The van der Waals surface area contributed by atoms with Gasteiger partial charge in [-0.2, -0.15) is 0 Å². The Kier molecular flexibility index (Phi) is 5.76. The number of hydrogen-bond donors (Lipinski definition) is 0. The van der Waals surface area contributed by atoms with E-state index in [4.69, 9.17) is 23.4 Å². The van der Waals surface area contributed by atoms with Crippen molar-refractivity contribution in [3.63, 3.8) is 0 Å². The molecule has 0 radical (unpaired) electrons. The molecule has 4 aromatic rings. The molecule has 1 amide bonds. The van der Waals surface area contributed by atoms with Crippen molar-refractivity contribution in [3.05, 3.63) is 54.5 Å². The Morgan fingerprint density at radius 2 is 1.83 bits per heavy atom. The number of piperidine rings is 1. The zero-order valence-electron chi connectivity index (χ0n) is 19.1. The van der Waals surface area contributed by atoms with Gasteiger partial charge in [0.1, 0.15) is 30.0 Å². The number of fused-ring (bicyclic) bond motifs is 1. The number of amides is 1. The summed E-state index contributed by atoms with van der Waals surface area (Å²) in [7, 11) is 0. The van der Waals surface area contributed by atoms with E-state index in [1.54, 1.807) is 18.2 Å². The SMILES string of the molecule is O=C1O[C@@H](COc2ccon2)CN1c1ccc(OC2CCN(c3ccc4nonc4c3)CC2)c(F)c1. The third kappa shape index (κ3) is 4.49. The molecule has 12 heteroatoms. The minimum atomic E-state index is -0.566. The zero-order chi connectivity index (χ0) is 24.5. The molecular weight excluding hydrogens is 473 g/mol. The number of nitrogens with zero attached hydrogens (tertiary/aromatic N) is 5. The molecule has 4 heterocycles. The van der Waals surface area contributed by atoms with E-state index in [-0.39, 0.29) is 25.0 Å². The molecule has 36 heavy (non-hydrogen) atoms. The molecule has 2 fully saturated rings. The first-order valence-corrected chi connectivity index (χ1v) is 11.6. The van der Waals surface area contributed by atoms with Crippen LogP contribution in [0.1, 0.15) is 12.8 Å². The second kappa shape index (κ2) is 9.36. The third-order valence-corrected chi connectivity index (χ3v) is 6.27. The van der Waals surface area contributed by atoms with Gasteiger partial charge in [0.15, 0.2) is 17.7 Å². The number of anilines is 2. The molecule has 1 atom stereocenters. The Morgan fingerprint density at radius 1 is 1.00 bits per heavy atom. The van der Waals surface area contributed by atoms with Gasteiger partial charge in [0.2, 0.25) is 0 Å². The summed E-state index contributed by atoms with van der Waals surface area (Å²) in [5.74, 6) is -0.0732. The predicted octanol–water partition coefficient (Wildman–Crippen LogP) is 3.80. The Hall–Kier alpha value is -4.35. The highest BCUT2D eigenvalue weighted by Crippen LogP contribution is 2.30. The Labute approximate surface area is 204 Å². The van der Waals surface area contributed by atoms with E-state index in [0.29, 0.717) is 22.6 Å². The lowest BCUT2D eigenvalue weighted by Crippen LogP contribution is -2.38. The summed E-state index contributed by atoms with van der Waals surface area (Å²) in [5.41, 5.74) is 2.85. The Balaban J connectivity index is 1.04. The fourth-order valence-electron chi connectivity index (χ4n) is 4.41. The molecule has 2 aliphatic rings. The number of carbonyl (C=O) groups is 1. The van der Waals surface area contributed by atoms with Gasteiger partial charge in [0.05, 0.1) is 12.2 Å². The fourth-order valence-corrected chi connectivity index (χ4v) is 4.41. The number of carbonyl (C=O) groups excluding carboxylic acids is 1. The molecule has 0 saturated carbocycles. The largest absolute Gasteiger partial charge is 0.487 e. The number of ether oxygens (including phenoxy) is 3. The molecule has 2 aliphatic heterocycles. The van der Waals surface area contributed by atoms with E-state index in [9.17, 15) is 9.18 Å². The fraction of sp³-hybridized carbons (Fsp3) is 0.333. The van der Waals surface area contributed by atoms with E-state index >= 15 is 0 Å². The summed E-state index contributed by atoms with van der Waals surface area (Å²) in [6.07, 6.45) is 1.66. The van der Waals surface area contributed by atoms with Crippen molar-refractivity contribution in [1.29, 1.82) is 0 Å². The lowest BCUT2D eigenvalue weighted by atomic mass is 10.1. The summed E-state index contributed by atoms with van der Waals surface area (Å²) < 4.78 is 41.1. The number of rotatable bonds is 7. The van der Waals surface area contributed by atoms with Gasteiger partial charge < -0.3 is 23.6 Å². The van der Waals surface area contributed by atoms with Crippen LogP contribution in [0.5, 0.6) is 11.6 Å². The van der Waals surface area contributed by atoms with Crippen LogP contribution in [0.25, 0.3) is 11.0 Å². The molecule has 2 saturated heterocycles. The minimum absolute atomic E-state index is 0.112. The molecule has 0 aliphatic carbocycles. The first-order valence-electron chi connectivity index (χ1n) is 11.6. The van der Waals surface area contributed by atoms with Gasteiger partial charge in [0.25, 0.3) is 5.88 Å². The molecule has 2 aromatic heterocycles. The second-order valence-electron chi connectivity index (χ2n) is 8.62. The quantitative estimate of drug-likeness (QED) is 0.375. The Morgan fingerprint density at radius 3 is 2.64 bits per heavy atom. The minimum Gasteiger partial charge on any atom is -0.487 e. The van der Waals surface area contributed by atoms with Crippen molar-refractivity contribution >= 4 is 28.5 Å².